The first-order valence-corrected chi connectivity index (χ1v) is 4.30. The van der Waals surface area contributed by atoms with E-state index in [0.717, 1.165) is 11.6 Å². The summed E-state index contributed by atoms with van der Waals surface area (Å²) in [5.41, 5.74) is 0.640. The Balaban J connectivity index is 2.86. The predicted octanol–water partition coefficient (Wildman–Crippen LogP) is 1.32. The van der Waals surface area contributed by atoms with Crippen LogP contribution in [0.2, 0.25) is 0 Å². The third-order valence-electron chi connectivity index (χ3n) is 1.81. The zero-order chi connectivity index (χ0) is 11.3. The van der Waals surface area contributed by atoms with Gasteiger partial charge in [0.1, 0.15) is 0 Å². The van der Waals surface area contributed by atoms with E-state index in [0.29, 0.717) is 0 Å². The van der Waals surface area contributed by atoms with Crippen LogP contribution in [-0.4, -0.2) is 22.2 Å². The Morgan fingerprint density at radius 3 is 2.20 bits per heavy atom. The first-order valence-electron chi connectivity index (χ1n) is 4.30. The topological polar surface area (TPSA) is 74.6 Å². The molecule has 1 aromatic rings. The second-order valence-corrected chi connectivity index (χ2v) is 2.98. The zero-order valence-corrected chi connectivity index (χ0v) is 7.88. The van der Waals surface area contributed by atoms with Crippen molar-refractivity contribution in [3.8, 4) is 0 Å². The third kappa shape index (κ3) is 3.64. The summed E-state index contributed by atoms with van der Waals surface area (Å²) in [7, 11) is 0. The van der Waals surface area contributed by atoms with Gasteiger partial charge < -0.3 is 10.2 Å². The van der Waals surface area contributed by atoms with Gasteiger partial charge in [-0.15, -0.1) is 0 Å². The lowest BCUT2D eigenvalue weighted by atomic mass is 10.1. The second kappa shape index (κ2) is 4.95. The van der Waals surface area contributed by atoms with Crippen LogP contribution in [0.15, 0.2) is 42.0 Å². The van der Waals surface area contributed by atoms with Gasteiger partial charge in [-0.2, -0.15) is 0 Å². The maximum Gasteiger partial charge on any atom is 0.332 e. The van der Waals surface area contributed by atoms with Crippen molar-refractivity contribution >= 4 is 11.9 Å². The van der Waals surface area contributed by atoms with Crippen LogP contribution in [-0.2, 0) is 16.0 Å². The average molecular weight is 206 g/mol. The molecular formula is C11H10O4. The molecule has 0 aliphatic rings. The van der Waals surface area contributed by atoms with Gasteiger partial charge in [-0.25, -0.2) is 9.59 Å². The highest BCUT2D eigenvalue weighted by Gasteiger charge is 2.09. The number of carbonyl (C=O) groups is 2. The van der Waals surface area contributed by atoms with Gasteiger partial charge in [-0.05, 0) is 5.56 Å². The van der Waals surface area contributed by atoms with E-state index in [-0.39, 0.29) is 12.0 Å². The molecule has 1 aromatic carbocycles. The van der Waals surface area contributed by atoms with Crippen molar-refractivity contribution in [3.05, 3.63) is 47.5 Å². The second-order valence-electron chi connectivity index (χ2n) is 2.98. The van der Waals surface area contributed by atoms with E-state index in [2.05, 4.69) is 0 Å². The van der Waals surface area contributed by atoms with Gasteiger partial charge in [-0.1, -0.05) is 30.3 Å². The van der Waals surface area contributed by atoms with Crippen LogP contribution in [0.1, 0.15) is 5.56 Å². The quantitative estimate of drug-likeness (QED) is 0.728. The molecule has 0 spiro atoms. The lowest BCUT2D eigenvalue weighted by molar-refractivity contribution is -0.135. The van der Waals surface area contributed by atoms with Gasteiger partial charge in [0.25, 0.3) is 0 Å². The molecule has 0 radical (unpaired) electrons. The fourth-order valence-electron chi connectivity index (χ4n) is 1.15. The van der Waals surface area contributed by atoms with E-state index in [9.17, 15) is 9.59 Å². The number of carboxylic acids is 2. The highest BCUT2D eigenvalue weighted by atomic mass is 16.4. The van der Waals surface area contributed by atoms with Crippen LogP contribution in [0, 0.1) is 0 Å². The van der Waals surface area contributed by atoms with Crippen molar-refractivity contribution in [3.63, 3.8) is 0 Å². The van der Waals surface area contributed by atoms with Crippen molar-refractivity contribution < 1.29 is 19.8 Å². The number of carboxylic acid groups (broad SMARTS) is 2. The van der Waals surface area contributed by atoms with Crippen molar-refractivity contribution in [2.45, 2.75) is 6.42 Å². The Morgan fingerprint density at radius 1 is 1.13 bits per heavy atom. The maximum atomic E-state index is 10.7. The highest BCUT2D eigenvalue weighted by molar-refractivity contribution is 5.94. The monoisotopic (exact) mass is 206 g/mol. The Kier molecular flexibility index (Phi) is 3.62. The SMILES string of the molecule is O=C(O)C=C(Cc1ccccc1)C(=O)O. The maximum absolute atomic E-state index is 10.7. The standard InChI is InChI=1S/C11H10O4/c12-10(13)7-9(11(14)15)6-8-4-2-1-3-5-8/h1-5,7H,6H2,(H,12,13)(H,14,15). The summed E-state index contributed by atoms with van der Waals surface area (Å²) in [5.74, 6) is -2.45. The van der Waals surface area contributed by atoms with Gasteiger partial charge in [-0.3, -0.25) is 0 Å². The molecule has 15 heavy (non-hydrogen) atoms. The first kappa shape index (κ1) is 11.0. The van der Waals surface area contributed by atoms with Crippen LogP contribution in [0.4, 0.5) is 0 Å². The smallest absolute Gasteiger partial charge is 0.332 e. The molecule has 4 nitrogen and oxygen atoms in total. The minimum Gasteiger partial charge on any atom is -0.478 e. The molecule has 0 atom stereocenters. The van der Waals surface area contributed by atoms with E-state index in [4.69, 9.17) is 10.2 Å². The Morgan fingerprint density at radius 2 is 1.73 bits per heavy atom. The Bertz CT molecular complexity index is 392. The molecular weight excluding hydrogens is 196 g/mol. The van der Waals surface area contributed by atoms with Crippen molar-refractivity contribution in [2.75, 3.05) is 0 Å². The molecule has 0 unspecified atom stereocenters. The molecule has 0 fully saturated rings. The zero-order valence-electron chi connectivity index (χ0n) is 7.88. The molecule has 4 heteroatoms. The van der Waals surface area contributed by atoms with Gasteiger partial charge in [0, 0.05) is 18.1 Å². The molecule has 0 aliphatic carbocycles. The summed E-state index contributed by atoms with van der Waals surface area (Å²) in [6.07, 6.45) is 0.831. The summed E-state index contributed by atoms with van der Waals surface area (Å²) in [5, 5.41) is 17.2. The molecule has 1 rings (SSSR count). The van der Waals surface area contributed by atoms with E-state index in [1.165, 1.54) is 0 Å². The summed E-state index contributed by atoms with van der Waals surface area (Å²) < 4.78 is 0. The van der Waals surface area contributed by atoms with Gasteiger partial charge >= 0.3 is 11.9 Å². The van der Waals surface area contributed by atoms with Gasteiger partial charge in [0.2, 0.25) is 0 Å². The predicted molar refractivity (Wildman–Crippen MR) is 53.5 cm³/mol. The van der Waals surface area contributed by atoms with Crippen molar-refractivity contribution in [1.29, 1.82) is 0 Å². The summed E-state index contributed by atoms with van der Waals surface area (Å²) in [6, 6.07) is 8.85. The molecule has 0 saturated heterocycles. The molecule has 2 N–H and O–H groups in total. The molecule has 78 valence electrons. The Hall–Kier alpha value is -2.10. The van der Waals surface area contributed by atoms with Crippen LogP contribution >= 0.6 is 0 Å². The van der Waals surface area contributed by atoms with Crippen LogP contribution in [0.3, 0.4) is 0 Å². The fourth-order valence-corrected chi connectivity index (χ4v) is 1.15. The van der Waals surface area contributed by atoms with Crippen molar-refractivity contribution in [1.82, 2.24) is 0 Å². The number of rotatable bonds is 4. The van der Waals surface area contributed by atoms with E-state index in [1.54, 1.807) is 24.3 Å². The first-order chi connectivity index (χ1) is 7.09. The third-order valence-corrected chi connectivity index (χ3v) is 1.81. The summed E-state index contributed by atoms with van der Waals surface area (Å²) in [6.45, 7) is 0. The number of benzene rings is 1. The number of aliphatic carboxylic acids is 2. The molecule has 0 heterocycles. The Labute approximate surface area is 86.5 Å². The fraction of sp³-hybridized carbons (Fsp3) is 0.0909. The lowest BCUT2D eigenvalue weighted by Gasteiger charge is -2.01. The van der Waals surface area contributed by atoms with E-state index in [1.807, 2.05) is 6.07 Å². The van der Waals surface area contributed by atoms with E-state index >= 15 is 0 Å². The minimum absolute atomic E-state index is 0.114. The van der Waals surface area contributed by atoms with Gasteiger partial charge in [0.15, 0.2) is 0 Å². The number of hydrogen-bond donors (Lipinski definition) is 2. The average Bonchev–Trinajstić information content (AvgIpc) is 2.17. The lowest BCUT2D eigenvalue weighted by Crippen LogP contribution is -2.06. The van der Waals surface area contributed by atoms with Crippen LogP contribution in [0.5, 0.6) is 0 Å². The van der Waals surface area contributed by atoms with Crippen LogP contribution < -0.4 is 0 Å². The van der Waals surface area contributed by atoms with E-state index < -0.39 is 11.9 Å². The molecule has 0 saturated carbocycles. The van der Waals surface area contributed by atoms with Crippen molar-refractivity contribution in [2.24, 2.45) is 0 Å². The highest BCUT2D eigenvalue weighted by Crippen LogP contribution is 2.07. The molecule has 0 amide bonds. The largest absolute Gasteiger partial charge is 0.478 e. The van der Waals surface area contributed by atoms with Gasteiger partial charge in [0.05, 0.1) is 0 Å². The van der Waals surface area contributed by atoms with Crippen LogP contribution in [0.25, 0.3) is 0 Å². The minimum atomic E-state index is -1.25. The normalized spacial score (nSPS) is 11.1. The summed E-state index contributed by atoms with van der Waals surface area (Å²) in [4.78, 5) is 21.1. The molecule has 0 aromatic heterocycles. The number of hydrogen-bond acceptors (Lipinski definition) is 2. The molecule has 0 bridgehead atoms. The molecule has 0 aliphatic heterocycles. The summed E-state index contributed by atoms with van der Waals surface area (Å²) >= 11 is 0.